The molecule has 3 rings (SSSR count). The number of hydrogen-bond donors (Lipinski definition) is 0. The Morgan fingerprint density at radius 2 is 1.78 bits per heavy atom. The molecule has 3 aromatic rings. The monoisotopic (exact) mass is 306 g/mol. The number of pyridine rings is 1. The van der Waals surface area contributed by atoms with Crippen molar-refractivity contribution >= 4 is 0 Å². The van der Waals surface area contributed by atoms with Gasteiger partial charge >= 0.3 is 0 Å². The van der Waals surface area contributed by atoms with Gasteiger partial charge < -0.3 is 9.77 Å². The fourth-order valence-corrected chi connectivity index (χ4v) is 2.65. The van der Waals surface area contributed by atoms with Crippen molar-refractivity contribution in [2.24, 2.45) is 0 Å². The average Bonchev–Trinajstić information content (AvgIpc) is 2.96. The van der Waals surface area contributed by atoms with Crippen LogP contribution in [0.25, 0.3) is 11.3 Å². The molecule has 0 aliphatic heterocycles. The van der Waals surface area contributed by atoms with Crippen LogP contribution in [0.1, 0.15) is 31.9 Å². The summed E-state index contributed by atoms with van der Waals surface area (Å²) in [7, 11) is 0. The standard InChI is InChI=1S/C20H22N2O/c1-20(2,3)18-10-12-22(23)19(13-18)17-9-11-21(15-17)14-16-7-5-4-6-8-16/h4-13,15H,14H2,1-3H3. The molecular weight excluding hydrogens is 284 g/mol. The van der Waals surface area contributed by atoms with E-state index in [2.05, 4.69) is 37.5 Å². The van der Waals surface area contributed by atoms with Crippen LogP contribution in [0.5, 0.6) is 0 Å². The molecule has 0 bridgehead atoms. The van der Waals surface area contributed by atoms with Gasteiger partial charge in [-0.05, 0) is 22.6 Å². The van der Waals surface area contributed by atoms with Crippen molar-refractivity contribution in [2.45, 2.75) is 32.7 Å². The van der Waals surface area contributed by atoms with E-state index in [4.69, 9.17) is 0 Å². The minimum atomic E-state index is 0.0234. The van der Waals surface area contributed by atoms with Crippen LogP contribution < -0.4 is 4.73 Å². The number of aromatic nitrogens is 2. The van der Waals surface area contributed by atoms with Crippen molar-refractivity contribution in [3.8, 4) is 11.3 Å². The first kappa shape index (κ1) is 15.3. The highest BCUT2D eigenvalue weighted by Crippen LogP contribution is 2.25. The second-order valence-corrected chi connectivity index (χ2v) is 6.93. The van der Waals surface area contributed by atoms with Gasteiger partial charge in [0.2, 0.25) is 5.69 Å². The molecule has 0 N–H and O–H groups in total. The van der Waals surface area contributed by atoms with Crippen molar-refractivity contribution in [2.75, 3.05) is 0 Å². The lowest BCUT2D eigenvalue weighted by molar-refractivity contribution is -0.593. The van der Waals surface area contributed by atoms with Gasteiger partial charge in [0.05, 0.1) is 5.56 Å². The molecule has 0 unspecified atom stereocenters. The smallest absolute Gasteiger partial charge is 0.225 e. The van der Waals surface area contributed by atoms with Crippen molar-refractivity contribution in [3.63, 3.8) is 0 Å². The maximum absolute atomic E-state index is 12.2. The lowest BCUT2D eigenvalue weighted by atomic mass is 9.87. The maximum atomic E-state index is 12.2. The van der Waals surface area contributed by atoms with Gasteiger partial charge in [0, 0.05) is 31.1 Å². The molecule has 0 aliphatic rings. The van der Waals surface area contributed by atoms with Crippen LogP contribution in [0.4, 0.5) is 0 Å². The first-order chi connectivity index (χ1) is 10.9. The SMILES string of the molecule is CC(C)(C)c1cc[n+]([O-])c(-c2ccn(Cc3ccccc3)c2)c1. The molecule has 0 spiro atoms. The molecule has 3 heteroatoms. The van der Waals surface area contributed by atoms with Crippen LogP contribution in [0.2, 0.25) is 0 Å². The van der Waals surface area contributed by atoms with Crippen molar-refractivity contribution in [1.82, 2.24) is 4.57 Å². The molecule has 0 atom stereocenters. The van der Waals surface area contributed by atoms with Gasteiger partial charge in [0.15, 0.2) is 6.20 Å². The fraction of sp³-hybridized carbons (Fsp3) is 0.250. The summed E-state index contributed by atoms with van der Waals surface area (Å²) in [5.74, 6) is 0. The van der Waals surface area contributed by atoms with Gasteiger partial charge in [-0.15, -0.1) is 0 Å². The molecule has 0 amide bonds. The zero-order chi connectivity index (χ0) is 16.4. The summed E-state index contributed by atoms with van der Waals surface area (Å²) < 4.78 is 3.05. The van der Waals surface area contributed by atoms with Crippen LogP contribution in [-0.4, -0.2) is 4.57 Å². The summed E-state index contributed by atoms with van der Waals surface area (Å²) in [5.41, 5.74) is 4.07. The summed E-state index contributed by atoms with van der Waals surface area (Å²) in [6, 6.07) is 16.2. The van der Waals surface area contributed by atoms with E-state index in [1.165, 1.54) is 5.56 Å². The molecule has 23 heavy (non-hydrogen) atoms. The minimum absolute atomic E-state index is 0.0234. The van der Waals surface area contributed by atoms with Gasteiger partial charge in [0.25, 0.3) is 0 Å². The molecule has 1 aromatic carbocycles. The van der Waals surface area contributed by atoms with E-state index in [1.807, 2.05) is 48.8 Å². The largest absolute Gasteiger partial charge is 0.618 e. The van der Waals surface area contributed by atoms with Gasteiger partial charge in [0.1, 0.15) is 0 Å². The molecule has 0 saturated heterocycles. The molecule has 3 nitrogen and oxygen atoms in total. The maximum Gasteiger partial charge on any atom is 0.225 e. The Bertz CT molecular complexity index is 798. The van der Waals surface area contributed by atoms with Crippen molar-refractivity contribution in [1.29, 1.82) is 0 Å². The molecule has 0 saturated carbocycles. The Morgan fingerprint density at radius 3 is 2.48 bits per heavy atom. The average molecular weight is 306 g/mol. The predicted octanol–water partition coefficient (Wildman–Crippen LogP) is 4.13. The third-order valence-electron chi connectivity index (χ3n) is 4.04. The first-order valence-corrected chi connectivity index (χ1v) is 7.87. The number of benzene rings is 1. The molecule has 118 valence electrons. The highest BCUT2D eigenvalue weighted by Gasteiger charge is 2.19. The van der Waals surface area contributed by atoms with Gasteiger partial charge in [-0.3, -0.25) is 0 Å². The normalized spacial score (nSPS) is 11.6. The Kier molecular flexibility index (Phi) is 3.95. The van der Waals surface area contributed by atoms with Crippen LogP contribution in [0.15, 0.2) is 67.1 Å². The molecule has 2 heterocycles. The summed E-state index contributed by atoms with van der Waals surface area (Å²) in [6.07, 6.45) is 5.65. The molecule has 0 fully saturated rings. The van der Waals surface area contributed by atoms with E-state index >= 15 is 0 Å². The third kappa shape index (κ3) is 3.45. The fourth-order valence-electron chi connectivity index (χ4n) is 2.65. The predicted molar refractivity (Wildman–Crippen MR) is 93.1 cm³/mol. The molecule has 0 aliphatic carbocycles. The summed E-state index contributed by atoms with van der Waals surface area (Å²) in [4.78, 5) is 0. The van der Waals surface area contributed by atoms with Crippen molar-refractivity contribution in [3.05, 3.63) is 83.5 Å². The lowest BCUT2D eigenvalue weighted by Crippen LogP contribution is -2.29. The Morgan fingerprint density at radius 1 is 1.04 bits per heavy atom. The van der Waals surface area contributed by atoms with Crippen LogP contribution in [0, 0.1) is 5.21 Å². The zero-order valence-electron chi connectivity index (χ0n) is 13.9. The first-order valence-electron chi connectivity index (χ1n) is 7.87. The number of nitrogens with zero attached hydrogens (tertiary/aromatic N) is 2. The second kappa shape index (κ2) is 5.92. The van der Waals surface area contributed by atoms with E-state index in [1.54, 1.807) is 6.20 Å². The zero-order valence-corrected chi connectivity index (χ0v) is 13.9. The molecule has 2 aromatic heterocycles. The van der Waals surface area contributed by atoms with Crippen LogP contribution in [0.3, 0.4) is 0 Å². The lowest BCUT2D eigenvalue weighted by Gasteiger charge is -2.19. The van der Waals surface area contributed by atoms with E-state index in [0.29, 0.717) is 5.69 Å². The van der Waals surface area contributed by atoms with E-state index < -0.39 is 0 Å². The van der Waals surface area contributed by atoms with Gasteiger partial charge in [-0.25, -0.2) is 0 Å². The third-order valence-corrected chi connectivity index (χ3v) is 4.04. The highest BCUT2D eigenvalue weighted by atomic mass is 16.5. The Hall–Kier alpha value is -2.55. The Balaban J connectivity index is 1.91. The van der Waals surface area contributed by atoms with Gasteiger partial charge in [-0.2, -0.15) is 4.73 Å². The minimum Gasteiger partial charge on any atom is -0.618 e. The summed E-state index contributed by atoms with van der Waals surface area (Å²) >= 11 is 0. The molecular formula is C20H22N2O. The van der Waals surface area contributed by atoms with E-state index in [0.717, 1.165) is 22.4 Å². The molecule has 0 radical (unpaired) electrons. The Labute approximate surface area is 137 Å². The van der Waals surface area contributed by atoms with Crippen LogP contribution >= 0.6 is 0 Å². The van der Waals surface area contributed by atoms with Gasteiger partial charge in [-0.1, -0.05) is 51.1 Å². The number of hydrogen-bond acceptors (Lipinski definition) is 1. The van der Waals surface area contributed by atoms with E-state index in [9.17, 15) is 5.21 Å². The van der Waals surface area contributed by atoms with Crippen LogP contribution in [-0.2, 0) is 12.0 Å². The highest BCUT2D eigenvalue weighted by molar-refractivity contribution is 5.56. The topological polar surface area (TPSA) is 31.9 Å². The summed E-state index contributed by atoms with van der Waals surface area (Å²) in [5, 5.41) is 12.2. The second-order valence-electron chi connectivity index (χ2n) is 6.93. The summed E-state index contributed by atoms with van der Waals surface area (Å²) in [6.45, 7) is 7.27. The quantitative estimate of drug-likeness (QED) is 0.529. The van der Waals surface area contributed by atoms with E-state index in [-0.39, 0.29) is 5.41 Å². The number of rotatable bonds is 3. The van der Waals surface area contributed by atoms with Crippen molar-refractivity contribution < 1.29 is 4.73 Å².